The summed E-state index contributed by atoms with van der Waals surface area (Å²) < 4.78 is 48.4. The third-order valence-corrected chi connectivity index (χ3v) is 3.22. The van der Waals surface area contributed by atoms with Gasteiger partial charge in [-0.2, -0.15) is 14.0 Å². The molecule has 0 atom stereocenters. The first-order valence-electron chi connectivity index (χ1n) is 7.00. The second kappa shape index (κ2) is 8.02. The molecule has 0 heterocycles. The van der Waals surface area contributed by atoms with E-state index in [1.54, 1.807) is 6.07 Å². The number of carbonyl (C=O) groups excluding carboxylic acids is 1. The zero-order valence-electron chi connectivity index (χ0n) is 13.0. The lowest BCUT2D eigenvalue weighted by Gasteiger charge is -2.12. The topological polar surface area (TPSA) is 59.3 Å². The Morgan fingerprint density at radius 2 is 1.92 bits per heavy atom. The average Bonchev–Trinajstić information content (AvgIpc) is 2.60. The van der Waals surface area contributed by atoms with Crippen LogP contribution >= 0.6 is 0 Å². The number of rotatable bonds is 6. The lowest BCUT2D eigenvalue weighted by atomic mass is 10.0. The zero-order chi connectivity index (χ0) is 18.4. The number of halogens is 3. The van der Waals surface area contributed by atoms with E-state index >= 15 is 0 Å². The Bertz CT molecular complexity index is 857. The smallest absolute Gasteiger partial charge is 0.387 e. The van der Waals surface area contributed by atoms with Crippen LogP contribution in [0.4, 0.5) is 13.2 Å². The highest BCUT2D eigenvalue weighted by Crippen LogP contribution is 2.34. The van der Waals surface area contributed by atoms with Gasteiger partial charge in [-0.25, -0.2) is 4.39 Å². The molecule has 0 aliphatic rings. The molecule has 7 heteroatoms. The molecule has 0 saturated heterocycles. The summed E-state index contributed by atoms with van der Waals surface area (Å²) in [4.78, 5) is 12.3. The molecule has 128 valence electrons. The van der Waals surface area contributed by atoms with Crippen LogP contribution in [0.5, 0.6) is 11.5 Å². The molecule has 0 unspecified atom stereocenters. The van der Waals surface area contributed by atoms with E-state index in [1.165, 1.54) is 43.5 Å². The number of alkyl halides is 2. The van der Waals surface area contributed by atoms with Gasteiger partial charge in [0.1, 0.15) is 17.5 Å². The van der Waals surface area contributed by atoms with Crippen molar-refractivity contribution in [1.82, 2.24) is 0 Å². The molecule has 0 aromatic heterocycles. The van der Waals surface area contributed by atoms with E-state index in [-0.39, 0.29) is 22.6 Å². The van der Waals surface area contributed by atoms with Gasteiger partial charge in [0.05, 0.1) is 12.7 Å². The molecule has 0 saturated carbocycles. The quantitative estimate of drug-likeness (QED) is 0.446. The van der Waals surface area contributed by atoms with Crippen molar-refractivity contribution in [3.05, 3.63) is 65.0 Å². The Morgan fingerprint density at radius 1 is 1.20 bits per heavy atom. The Morgan fingerprint density at radius 3 is 2.52 bits per heavy atom. The third-order valence-electron chi connectivity index (χ3n) is 3.22. The molecule has 0 fully saturated rings. The van der Waals surface area contributed by atoms with E-state index in [2.05, 4.69) is 4.74 Å². The molecular weight excluding hydrogens is 335 g/mol. The number of ether oxygens (including phenoxy) is 2. The van der Waals surface area contributed by atoms with Gasteiger partial charge in [0.25, 0.3) is 0 Å². The van der Waals surface area contributed by atoms with Crippen LogP contribution in [0.2, 0.25) is 0 Å². The zero-order valence-corrected chi connectivity index (χ0v) is 13.0. The van der Waals surface area contributed by atoms with Crippen molar-refractivity contribution in [1.29, 1.82) is 5.26 Å². The van der Waals surface area contributed by atoms with Gasteiger partial charge in [-0.15, -0.1) is 0 Å². The summed E-state index contributed by atoms with van der Waals surface area (Å²) in [5.74, 6) is -1.98. The molecule has 0 bridgehead atoms. The molecular formula is C18H12F3NO3. The Balaban J connectivity index is 2.52. The van der Waals surface area contributed by atoms with Gasteiger partial charge < -0.3 is 9.47 Å². The molecule has 0 amide bonds. The minimum absolute atomic E-state index is 0.00433. The lowest BCUT2D eigenvalue weighted by molar-refractivity contribution is -0.0513. The predicted octanol–water partition coefficient (Wildman–Crippen LogP) is 4.23. The molecule has 2 aromatic rings. The van der Waals surface area contributed by atoms with Gasteiger partial charge in [-0.1, -0.05) is 24.3 Å². The molecule has 2 rings (SSSR count). The summed E-state index contributed by atoms with van der Waals surface area (Å²) in [5, 5.41) is 9.23. The molecule has 0 radical (unpaired) electrons. The van der Waals surface area contributed by atoms with Crippen molar-refractivity contribution in [2.24, 2.45) is 0 Å². The summed E-state index contributed by atoms with van der Waals surface area (Å²) >= 11 is 0. The second-order valence-electron chi connectivity index (χ2n) is 4.74. The fourth-order valence-corrected chi connectivity index (χ4v) is 2.12. The number of hydrogen-bond acceptors (Lipinski definition) is 4. The maximum absolute atomic E-state index is 13.7. The molecule has 25 heavy (non-hydrogen) atoms. The highest BCUT2D eigenvalue weighted by atomic mass is 19.3. The van der Waals surface area contributed by atoms with Crippen molar-refractivity contribution in [2.75, 3.05) is 7.11 Å². The molecule has 0 aliphatic heterocycles. The predicted molar refractivity (Wildman–Crippen MR) is 83.9 cm³/mol. The van der Waals surface area contributed by atoms with E-state index in [4.69, 9.17) is 4.74 Å². The van der Waals surface area contributed by atoms with Crippen LogP contribution in [0.3, 0.4) is 0 Å². The number of para-hydroxylation sites is 1. The maximum Gasteiger partial charge on any atom is 0.387 e. The first-order valence-corrected chi connectivity index (χ1v) is 7.00. The number of nitrogens with zero attached hydrogens (tertiary/aromatic N) is 1. The second-order valence-corrected chi connectivity index (χ2v) is 4.74. The van der Waals surface area contributed by atoms with Crippen LogP contribution in [-0.4, -0.2) is 19.5 Å². The number of carbonyl (C=O) groups is 1. The number of hydrogen-bond donors (Lipinski definition) is 0. The molecule has 0 N–H and O–H groups in total. The summed E-state index contributed by atoms with van der Waals surface area (Å²) in [6.45, 7) is -3.13. The monoisotopic (exact) mass is 347 g/mol. The summed E-state index contributed by atoms with van der Waals surface area (Å²) in [6, 6.07) is 11.0. The Hall–Kier alpha value is -3.27. The van der Waals surface area contributed by atoms with Crippen LogP contribution < -0.4 is 9.47 Å². The van der Waals surface area contributed by atoms with Crippen LogP contribution in [0.15, 0.2) is 48.0 Å². The maximum atomic E-state index is 13.7. The SMILES string of the molecule is COc1cccc(/C=C(\C#N)C(=O)c2ccccc2F)c1OC(F)F. The molecule has 2 aromatic carbocycles. The van der Waals surface area contributed by atoms with Crippen LogP contribution in [0, 0.1) is 17.1 Å². The number of nitriles is 1. The summed E-state index contributed by atoms with van der Waals surface area (Å²) in [6.07, 6.45) is 1.05. The molecule has 4 nitrogen and oxygen atoms in total. The van der Waals surface area contributed by atoms with Crippen LogP contribution in [0.25, 0.3) is 6.08 Å². The summed E-state index contributed by atoms with van der Waals surface area (Å²) in [7, 11) is 1.26. The van der Waals surface area contributed by atoms with E-state index in [1.807, 2.05) is 0 Å². The Kier molecular flexibility index (Phi) is 5.79. The van der Waals surface area contributed by atoms with E-state index in [0.717, 1.165) is 12.1 Å². The lowest BCUT2D eigenvalue weighted by Crippen LogP contribution is -2.07. The fourth-order valence-electron chi connectivity index (χ4n) is 2.12. The largest absolute Gasteiger partial charge is 0.493 e. The fraction of sp³-hybridized carbons (Fsp3) is 0.111. The minimum atomic E-state index is -3.13. The van der Waals surface area contributed by atoms with Gasteiger partial charge in [-0.3, -0.25) is 4.79 Å². The standard InChI is InChI=1S/C18H12F3NO3/c1-24-15-8-4-5-11(17(15)25-18(20)21)9-12(10-22)16(23)13-6-2-3-7-14(13)19/h2-9,18H,1H3/b12-9+. The van der Waals surface area contributed by atoms with E-state index < -0.39 is 23.8 Å². The number of allylic oxidation sites excluding steroid dienone is 1. The van der Waals surface area contributed by atoms with Crippen LogP contribution in [0.1, 0.15) is 15.9 Å². The van der Waals surface area contributed by atoms with Crippen molar-refractivity contribution < 1.29 is 27.4 Å². The number of Topliss-reactive ketones (excluding diaryl/α,β-unsaturated/α-hetero) is 1. The number of ketones is 1. The molecule has 0 aliphatic carbocycles. The van der Waals surface area contributed by atoms with Gasteiger partial charge in [0.15, 0.2) is 11.5 Å². The van der Waals surface area contributed by atoms with Crippen molar-refractivity contribution in [3.8, 4) is 17.6 Å². The van der Waals surface area contributed by atoms with Crippen molar-refractivity contribution in [2.45, 2.75) is 6.61 Å². The average molecular weight is 347 g/mol. The van der Waals surface area contributed by atoms with E-state index in [0.29, 0.717) is 0 Å². The summed E-state index contributed by atoms with van der Waals surface area (Å²) in [5.41, 5.74) is -0.701. The highest BCUT2D eigenvalue weighted by Gasteiger charge is 2.19. The van der Waals surface area contributed by atoms with Crippen LogP contribution in [-0.2, 0) is 0 Å². The van der Waals surface area contributed by atoms with E-state index in [9.17, 15) is 23.2 Å². The first-order chi connectivity index (χ1) is 12.0. The number of benzene rings is 2. The Labute approximate surface area is 141 Å². The third kappa shape index (κ3) is 4.18. The first kappa shape index (κ1) is 18.1. The molecule has 0 spiro atoms. The minimum Gasteiger partial charge on any atom is -0.493 e. The highest BCUT2D eigenvalue weighted by molar-refractivity contribution is 6.14. The van der Waals surface area contributed by atoms with Gasteiger partial charge in [0.2, 0.25) is 5.78 Å². The normalized spacial score (nSPS) is 11.1. The van der Waals surface area contributed by atoms with Gasteiger partial charge >= 0.3 is 6.61 Å². The van der Waals surface area contributed by atoms with Gasteiger partial charge in [-0.05, 0) is 24.3 Å². The van der Waals surface area contributed by atoms with Crippen molar-refractivity contribution >= 4 is 11.9 Å². The number of methoxy groups -OCH3 is 1. The van der Waals surface area contributed by atoms with Crippen molar-refractivity contribution in [3.63, 3.8) is 0 Å². The van der Waals surface area contributed by atoms with Gasteiger partial charge in [0, 0.05) is 5.56 Å².